The van der Waals surface area contributed by atoms with Gasteiger partial charge in [-0.3, -0.25) is 14.6 Å². The molecule has 5 aromatic rings. The van der Waals surface area contributed by atoms with E-state index < -0.39 is 0 Å². The van der Waals surface area contributed by atoms with Crippen molar-refractivity contribution < 1.29 is 9.21 Å². The van der Waals surface area contributed by atoms with E-state index in [1.165, 1.54) is 4.68 Å². The molecule has 0 radical (unpaired) electrons. The molecule has 1 aliphatic carbocycles. The number of hydrogen-bond donors (Lipinski definition) is 2. The predicted octanol–water partition coefficient (Wildman–Crippen LogP) is 4.87. The van der Waals surface area contributed by atoms with E-state index >= 15 is 0 Å². The minimum Gasteiger partial charge on any atom is -0.463 e. The number of furan rings is 1. The second-order valence-corrected chi connectivity index (χ2v) is 9.10. The molecule has 2 aromatic carbocycles. The molecule has 0 spiro atoms. The van der Waals surface area contributed by atoms with Crippen molar-refractivity contribution in [3.8, 4) is 17.4 Å². The highest BCUT2D eigenvalue weighted by Gasteiger charge is 2.23. The molecule has 0 fully saturated rings. The average molecular weight is 492 g/mol. The minimum absolute atomic E-state index is 0.124. The van der Waals surface area contributed by atoms with Crippen LogP contribution in [-0.4, -0.2) is 25.7 Å². The molecule has 0 saturated heterocycles. The second-order valence-electron chi connectivity index (χ2n) is 9.10. The fourth-order valence-electron chi connectivity index (χ4n) is 4.88. The zero-order valence-corrected chi connectivity index (χ0v) is 20.1. The molecule has 8 heteroatoms. The molecule has 2 N–H and O–H groups in total. The van der Waals surface area contributed by atoms with Gasteiger partial charge in [-0.2, -0.15) is 9.78 Å². The topological polar surface area (TPSA) is 106 Å². The van der Waals surface area contributed by atoms with Crippen LogP contribution in [0.15, 0.2) is 94.3 Å². The van der Waals surface area contributed by atoms with Gasteiger partial charge in [-0.1, -0.05) is 60.7 Å². The second kappa shape index (κ2) is 9.73. The van der Waals surface area contributed by atoms with Gasteiger partial charge in [-0.25, -0.2) is 4.98 Å². The molecular weight excluding hydrogens is 466 g/mol. The number of aromatic nitrogens is 4. The summed E-state index contributed by atoms with van der Waals surface area (Å²) < 4.78 is 6.99. The molecule has 1 amide bonds. The predicted molar refractivity (Wildman–Crippen MR) is 140 cm³/mol. The van der Waals surface area contributed by atoms with Crippen molar-refractivity contribution in [1.29, 1.82) is 0 Å². The molecule has 184 valence electrons. The Hall–Kier alpha value is -4.72. The highest BCUT2D eigenvalue weighted by atomic mass is 16.3. The van der Waals surface area contributed by atoms with Gasteiger partial charge in [0.2, 0.25) is 11.9 Å². The third kappa shape index (κ3) is 4.61. The summed E-state index contributed by atoms with van der Waals surface area (Å²) in [5.74, 6) is 0.901. The van der Waals surface area contributed by atoms with Gasteiger partial charge < -0.3 is 9.73 Å². The summed E-state index contributed by atoms with van der Waals surface area (Å²) in [7, 11) is 0. The average Bonchev–Trinajstić information content (AvgIpc) is 3.69. The van der Waals surface area contributed by atoms with Gasteiger partial charge in [0.05, 0.1) is 12.0 Å². The van der Waals surface area contributed by atoms with Gasteiger partial charge in [0.1, 0.15) is 11.5 Å². The van der Waals surface area contributed by atoms with Gasteiger partial charge in [0.25, 0.3) is 5.56 Å². The molecule has 8 nitrogen and oxygen atoms in total. The number of carbonyl (C=O) groups is 1. The third-order valence-electron chi connectivity index (χ3n) is 6.67. The van der Waals surface area contributed by atoms with Gasteiger partial charge in [-0.15, -0.1) is 0 Å². The van der Waals surface area contributed by atoms with Crippen molar-refractivity contribution in [2.75, 3.05) is 5.32 Å². The van der Waals surface area contributed by atoms with Crippen LogP contribution in [0.5, 0.6) is 0 Å². The van der Waals surface area contributed by atoms with E-state index in [1.54, 1.807) is 24.5 Å². The summed E-state index contributed by atoms with van der Waals surface area (Å²) in [6.45, 7) is 0. The number of rotatable bonds is 7. The lowest BCUT2D eigenvalue weighted by Crippen LogP contribution is -2.22. The van der Waals surface area contributed by atoms with Gasteiger partial charge in [0, 0.05) is 24.0 Å². The zero-order valence-electron chi connectivity index (χ0n) is 20.1. The molecule has 0 saturated carbocycles. The molecule has 0 aliphatic heterocycles. The molecule has 6 rings (SSSR count). The van der Waals surface area contributed by atoms with Crippen molar-refractivity contribution in [1.82, 2.24) is 19.7 Å². The van der Waals surface area contributed by atoms with Crippen LogP contribution in [0.1, 0.15) is 41.1 Å². The lowest BCUT2D eigenvalue weighted by atomic mass is 9.88. The zero-order chi connectivity index (χ0) is 25.2. The number of nitrogens with one attached hydrogen (secondary N) is 2. The first-order valence-electron chi connectivity index (χ1n) is 12.3. The Labute approximate surface area is 213 Å². The van der Waals surface area contributed by atoms with Crippen LogP contribution in [0.25, 0.3) is 17.4 Å². The van der Waals surface area contributed by atoms with Crippen molar-refractivity contribution in [2.24, 2.45) is 0 Å². The molecule has 0 atom stereocenters. The molecule has 3 aromatic heterocycles. The van der Waals surface area contributed by atoms with E-state index in [1.807, 2.05) is 60.7 Å². The number of carbonyl (C=O) groups excluding carboxylic acids is 1. The van der Waals surface area contributed by atoms with Crippen LogP contribution in [0.2, 0.25) is 0 Å². The summed E-state index contributed by atoms with van der Waals surface area (Å²) >= 11 is 0. The molecule has 1 aliphatic rings. The van der Waals surface area contributed by atoms with E-state index in [-0.39, 0.29) is 29.8 Å². The van der Waals surface area contributed by atoms with Crippen molar-refractivity contribution in [2.45, 2.75) is 31.6 Å². The summed E-state index contributed by atoms with van der Waals surface area (Å²) in [5, 5.41) is 7.62. The van der Waals surface area contributed by atoms with Crippen LogP contribution in [0, 0.1) is 0 Å². The SMILES string of the molecule is O=C(CC(c1ccccc1)c1ccccc1)Nc1cc(-c2ccco2)nn1-c1nc2c(c(=O)[nH]1)CCC2. The molecule has 3 heterocycles. The van der Waals surface area contributed by atoms with E-state index in [2.05, 4.69) is 20.4 Å². The highest BCUT2D eigenvalue weighted by molar-refractivity contribution is 5.91. The summed E-state index contributed by atoms with van der Waals surface area (Å²) in [4.78, 5) is 33.6. The van der Waals surface area contributed by atoms with Gasteiger partial charge in [-0.05, 0) is 42.5 Å². The van der Waals surface area contributed by atoms with Crippen LogP contribution >= 0.6 is 0 Å². The number of hydrogen-bond acceptors (Lipinski definition) is 5. The first-order valence-corrected chi connectivity index (χ1v) is 12.3. The Morgan fingerprint density at radius 3 is 2.41 bits per heavy atom. The Bertz CT molecular complexity index is 1550. The Balaban J connectivity index is 1.35. The largest absolute Gasteiger partial charge is 0.463 e. The summed E-state index contributed by atoms with van der Waals surface area (Å²) in [5.41, 5.74) is 3.96. The summed E-state index contributed by atoms with van der Waals surface area (Å²) in [6.07, 6.45) is 4.15. The van der Waals surface area contributed by atoms with Gasteiger partial charge in [0.15, 0.2) is 5.76 Å². The van der Waals surface area contributed by atoms with E-state index in [4.69, 9.17) is 4.42 Å². The number of nitrogens with zero attached hydrogens (tertiary/aromatic N) is 3. The Morgan fingerprint density at radius 1 is 1.00 bits per heavy atom. The summed E-state index contributed by atoms with van der Waals surface area (Å²) in [6, 6.07) is 25.2. The number of aryl methyl sites for hydroxylation is 1. The third-order valence-corrected chi connectivity index (χ3v) is 6.67. The van der Waals surface area contributed by atoms with Gasteiger partial charge >= 0.3 is 0 Å². The maximum atomic E-state index is 13.4. The number of H-pyrrole nitrogens is 1. The smallest absolute Gasteiger partial charge is 0.255 e. The Morgan fingerprint density at radius 2 is 1.73 bits per heavy atom. The highest BCUT2D eigenvalue weighted by Crippen LogP contribution is 2.30. The normalized spacial score (nSPS) is 12.6. The first kappa shape index (κ1) is 22.7. The fourth-order valence-corrected chi connectivity index (χ4v) is 4.88. The maximum absolute atomic E-state index is 13.4. The molecular formula is C29H25N5O3. The van der Waals surface area contributed by atoms with Crippen LogP contribution in [0.4, 0.5) is 5.82 Å². The molecule has 0 unspecified atom stereocenters. The van der Waals surface area contributed by atoms with E-state index in [9.17, 15) is 9.59 Å². The Kier molecular flexibility index (Phi) is 5.98. The van der Waals surface area contributed by atoms with Crippen molar-refractivity contribution >= 4 is 11.7 Å². The quantitative estimate of drug-likeness (QED) is 0.338. The first-order chi connectivity index (χ1) is 18.2. The number of anilines is 1. The van der Waals surface area contributed by atoms with Crippen molar-refractivity contribution in [3.63, 3.8) is 0 Å². The maximum Gasteiger partial charge on any atom is 0.255 e. The van der Waals surface area contributed by atoms with Crippen LogP contribution in [0.3, 0.4) is 0 Å². The van der Waals surface area contributed by atoms with Crippen molar-refractivity contribution in [3.05, 3.63) is 118 Å². The van der Waals surface area contributed by atoms with E-state index in [0.717, 1.165) is 41.6 Å². The molecule has 37 heavy (non-hydrogen) atoms. The number of fused-ring (bicyclic) bond motifs is 1. The lowest BCUT2D eigenvalue weighted by molar-refractivity contribution is -0.116. The van der Waals surface area contributed by atoms with Crippen LogP contribution < -0.4 is 10.9 Å². The van der Waals surface area contributed by atoms with Crippen LogP contribution in [-0.2, 0) is 17.6 Å². The molecule has 0 bridgehead atoms. The number of aromatic amines is 1. The number of amides is 1. The fraction of sp³-hybridized carbons (Fsp3) is 0.172. The monoisotopic (exact) mass is 491 g/mol. The number of benzene rings is 2. The standard InChI is InChI=1S/C29H25N5O3/c35-27(17-22(19-9-3-1-4-10-19)20-11-5-2-6-12-20)31-26-18-24(25-15-8-16-37-25)33-34(26)29-30-23-14-7-13-21(23)28(36)32-29/h1-6,8-12,15-16,18,22H,7,13-14,17H2,(H,31,35)(H,30,32,36). The lowest BCUT2D eigenvalue weighted by Gasteiger charge is -2.18. The minimum atomic E-state index is -0.187. The van der Waals surface area contributed by atoms with E-state index in [0.29, 0.717) is 17.3 Å².